The lowest BCUT2D eigenvalue weighted by Gasteiger charge is -2.38. The topological polar surface area (TPSA) is 89.5 Å². The summed E-state index contributed by atoms with van der Waals surface area (Å²) in [5.41, 5.74) is 1.04. The van der Waals surface area contributed by atoms with Crippen molar-refractivity contribution in [1.29, 1.82) is 0 Å². The predicted octanol–water partition coefficient (Wildman–Crippen LogP) is 5.24. The number of carbonyl (C=O) groups is 2. The molecule has 0 amide bonds. The van der Waals surface area contributed by atoms with Crippen molar-refractivity contribution >= 4 is 47.6 Å². The average Bonchev–Trinajstić information content (AvgIpc) is 2.80. The summed E-state index contributed by atoms with van der Waals surface area (Å²) in [6.45, 7) is 10.3. The first-order chi connectivity index (χ1) is 18.3. The normalized spacial score (nSPS) is 21.2. The van der Waals surface area contributed by atoms with E-state index in [0.717, 1.165) is 11.3 Å². The Balaban J connectivity index is 2.12. The van der Waals surface area contributed by atoms with Gasteiger partial charge in [-0.05, 0) is 57.1 Å². The molecule has 1 aliphatic heterocycles. The minimum atomic E-state index is -1.87. The first kappa shape index (κ1) is 34.3. The van der Waals surface area contributed by atoms with Crippen LogP contribution in [0.2, 0.25) is 19.6 Å². The molecule has 220 valence electrons. The maximum Gasteiger partial charge on any atom is 0.380 e. The molecule has 1 fully saturated rings. The van der Waals surface area contributed by atoms with Gasteiger partial charge >= 0.3 is 11.9 Å². The van der Waals surface area contributed by atoms with Crippen LogP contribution in [0.5, 0.6) is 5.75 Å². The van der Waals surface area contributed by atoms with Crippen LogP contribution in [0.15, 0.2) is 24.3 Å². The van der Waals surface area contributed by atoms with Crippen LogP contribution in [0.25, 0.3) is 0 Å². The van der Waals surface area contributed by atoms with E-state index in [1.165, 1.54) is 6.92 Å². The number of hydrogen-bond acceptors (Lipinski definition) is 9. The van der Waals surface area contributed by atoms with Crippen molar-refractivity contribution in [2.24, 2.45) is 0 Å². The molecule has 39 heavy (non-hydrogen) atoms. The third-order valence-electron chi connectivity index (χ3n) is 6.23. The number of Topliss-reactive ketones (excluding diaryl/α,β-unsaturated/α-hetero) is 1. The summed E-state index contributed by atoms with van der Waals surface area (Å²) in [5.74, 6) is 0.327. The Hall–Kier alpha value is -0.938. The van der Waals surface area contributed by atoms with Crippen molar-refractivity contribution in [2.45, 2.75) is 109 Å². The van der Waals surface area contributed by atoms with Gasteiger partial charge in [-0.25, -0.2) is 0 Å². The standard InChI is InChI=1S/C27H46BO8PSSi/c1-19(29)13-27(36-39(4,5)6)17-26-16-24(34-20(2)30)15-25(35-26)14-23(11-12-33-28(37)38)32-18-21-7-9-22(31-3)10-8-21/h7-10,23-27,38H,11-18,37H2,1-6H3/t23-,24-,25+,26+,27-/m0/s1. The highest BCUT2D eigenvalue weighted by Crippen LogP contribution is 2.31. The number of ether oxygens (including phenoxy) is 4. The summed E-state index contributed by atoms with van der Waals surface area (Å²) in [6, 6.07) is 7.79. The molecular weight excluding hydrogens is 554 g/mol. The molecule has 0 radical (unpaired) electrons. The highest BCUT2D eigenvalue weighted by Gasteiger charge is 2.35. The highest BCUT2D eigenvalue weighted by atomic mass is 32.1. The third-order valence-corrected chi connectivity index (χ3v) is 7.61. The van der Waals surface area contributed by atoms with Gasteiger partial charge in [0, 0.05) is 39.2 Å². The fraction of sp³-hybridized carbons (Fsp3) is 0.704. The lowest BCUT2D eigenvalue weighted by Crippen LogP contribution is -2.43. The van der Waals surface area contributed by atoms with Gasteiger partial charge in [-0.3, -0.25) is 9.59 Å². The second-order valence-electron chi connectivity index (χ2n) is 11.1. The molecule has 2 rings (SSSR count). The molecular formula is C27H46BO8PSSi. The van der Waals surface area contributed by atoms with Gasteiger partial charge in [-0.2, -0.15) is 12.5 Å². The van der Waals surface area contributed by atoms with E-state index in [2.05, 4.69) is 41.2 Å². The number of ketones is 1. The molecule has 0 aromatic heterocycles. The molecule has 1 aromatic carbocycles. The maximum absolute atomic E-state index is 12.0. The Morgan fingerprint density at radius 3 is 2.23 bits per heavy atom. The first-order valence-corrected chi connectivity index (χ1v) is 18.2. The molecule has 0 bridgehead atoms. The number of thiol groups is 1. The first-order valence-electron chi connectivity index (χ1n) is 13.6. The number of benzene rings is 1. The smallest absolute Gasteiger partial charge is 0.380 e. The summed E-state index contributed by atoms with van der Waals surface area (Å²) in [5, 5.41) is 0. The molecule has 0 spiro atoms. The van der Waals surface area contributed by atoms with Crippen molar-refractivity contribution in [3.8, 4) is 5.75 Å². The van der Waals surface area contributed by atoms with Crippen LogP contribution in [0.4, 0.5) is 0 Å². The lowest BCUT2D eigenvalue weighted by atomic mass is 9.93. The zero-order valence-corrected chi connectivity index (χ0v) is 27.3. The van der Waals surface area contributed by atoms with Crippen molar-refractivity contribution < 1.29 is 37.6 Å². The summed E-state index contributed by atoms with van der Waals surface area (Å²) in [6.07, 6.45) is 2.37. The highest BCUT2D eigenvalue weighted by molar-refractivity contribution is 8.23. The number of esters is 1. The monoisotopic (exact) mass is 600 g/mol. The number of methoxy groups -OCH3 is 1. The molecule has 1 heterocycles. The van der Waals surface area contributed by atoms with E-state index < -0.39 is 8.32 Å². The van der Waals surface area contributed by atoms with E-state index in [-0.39, 0.29) is 48.2 Å². The molecule has 0 aliphatic carbocycles. The van der Waals surface area contributed by atoms with Crippen LogP contribution >= 0.6 is 21.6 Å². The zero-order valence-electron chi connectivity index (χ0n) is 24.2. The molecule has 1 saturated heterocycles. The van der Waals surface area contributed by atoms with E-state index in [0.29, 0.717) is 51.7 Å². The fourth-order valence-electron chi connectivity index (χ4n) is 4.81. The van der Waals surface area contributed by atoms with Crippen LogP contribution in [0.1, 0.15) is 57.9 Å². The minimum absolute atomic E-state index is 0.0886. The summed E-state index contributed by atoms with van der Waals surface area (Å²) < 4.78 is 35.8. The third kappa shape index (κ3) is 15.0. The van der Waals surface area contributed by atoms with Gasteiger partial charge in [0.05, 0.1) is 38.1 Å². The number of rotatable bonds is 17. The van der Waals surface area contributed by atoms with E-state index in [1.54, 1.807) is 14.0 Å². The van der Waals surface area contributed by atoms with Crippen LogP contribution in [0.3, 0.4) is 0 Å². The Morgan fingerprint density at radius 2 is 1.72 bits per heavy atom. The number of carbonyl (C=O) groups excluding carboxylic acids is 2. The predicted molar refractivity (Wildman–Crippen MR) is 163 cm³/mol. The Kier molecular flexibility index (Phi) is 15.0. The lowest BCUT2D eigenvalue weighted by molar-refractivity contribution is -0.164. The van der Waals surface area contributed by atoms with E-state index in [4.69, 9.17) is 28.0 Å². The van der Waals surface area contributed by atoms with Gasteiger partial charge < -0.3 is 28.0 Å². The van der Waals surface area contributed by atoms with Crippen LogP contribution < -0.4 is 4.74 Å². The van der Waals surface area contributed by atoms with Gasteiger partial charge in [0.2, 0.25) is 0 Å². The Morgan fingerprint density at radius 1 is 1.10 bits per heavy atom. The van der Waals surface area contributed by atoms with Crippen LogP contribution in [0, 0.1) is 0 Å². The van der Waals surface area contributed by atoms with Crippen LogP contribution in [-0.4, -0.2) is 70.2 Å². The van der Waals surface area contributed by atoms with Gasteiger partial charge in [-0.15, -0.1) is 9.12 Å². The van der Waals surface area contributed by atoms with Crippen molar-refractivity contribution in [1.82, 2.24) is 0 Å². The van der Waals surface area contributed by atoms with Gasteiger partial charge in [0.15, 0.2) is 8.32 Å². The van der Waals surface area contributed by atoms with Gasteiger partial charge in [0.25, 0.3) is 0 Å². The molecule has 1 unspecified atom stereocenters. The van der Waals surface area contributed by atoms with E-state index in [1.807, 2.05) is 24.3 Å². The van der Waals surface area contributed by atoms with Crippen molar-refractivity contribution in [3.63, 3.8) is 0 Å². The molecule has 1 aromatic rings. The van der Waals surface area contributed by atoms with Gasteiger partial charge in [-0.1, -0.05) is 12.1 Å². The maximum atomic E-state index is 12.0. The average molecular weight is 601 g/mol. The zero-order chi connectivity index (χ0) is 29.0. The molecule has 1 aliphatic rings. The van der Waals surface area contributed by atoms with E-state index in [9.17, 15) is 9.59 Å². The SMILES string of the molecule is COc1ccc(CO[C@@H](CCOB(P)S)C[C@@H]2C[C@H](OC(C)=O)C[C@H](C[C@H](CC(C)=O)O[Si](C)(C)C)O2)cc1. The molecule has 8 nitrogen and oxygen atoms in total. The minimum Gasteiger partial charge on any atom is -0.497 e. The quantitative estimate of drug-likeness (QED) is 0.113. The molecule has 6 atom stereocenters. The van der Waals surface area contributed by atoms with E-state index >= 15 is 0 Å². The molecule has 12 heteroatoms. The molecule has 0 N–H and O–H groups in total. The summed E-state index contributed by atoms with van der Waals surface area (Å²) in [7, 11) is 2.28. The molecule has 0 saturated carbocycles. The summed E-state index contributed by atoms with van der Waals surface area (Å²) in [4.78, 5) is 23.8. The Bertz CT molecular complexity index is 886. The second kappa shape index (κ2) is 17.1. The Labute approximate surface area is 243 Å². The largest absolute Gasteiger partial charge is 0.497 e. The second-order valence-corrected chi connectivity index (χ2v) is 17.3. The number of hydrogen-bond donors (Lipinski definition) is 1. The van der Waals surface area contributed by atoms with Crippen LogP contribution in [-0.2, 0) is 39.5 Å². The summed E-state index contributed by atoms with van der Waals surface area (Å²) >= 11 is 4.28. The van der Waals surface area contributed by atoms with Crippen molar-refractivity contribution in [3.05, 3.63) is 29.8 Å². The fourth-order valence-corrected chi connectivity index (χ4v) is 6.23. The van der Waals surface area contributed by atoms with Crippen molar-refractivity contribution in [2.75, 3.05) is 13.7 Å². The van der Waals surface area contributed by atoms with Gasteiger partial charge in [0.1, 0.15) is 17.6 Å².